The van der Waals surface area contributed by atoms with Crippen molar-refractivity contribution in [3.8, 4) is 0 Å². The molecule has 0 radical (unpaired) electrons. The van der Waals surface area contributed by atoms with E-state index in [4.69, 9.17) is 9.47 Å². The Labute approximate surface area is 621 Å². The number of hydrogen-bond donors (Lipinski definition) is 0. The fourth-order valence-electron chi connectivity index (χ4n) is 16.2. The Hall–Kier alpha value is -2.18. The molecule has 8 aliphatic carbocycles. The largest absolute Gasteiger partial charge is 1.00 e. The van der Waals surface area contributed by atoms with Crippen molar-refractivity contribution in [3.63, 3.8) is 0 Å². The van der Waals surface area contributed by atoms with Crippen LogP contribution in [0.2, 0.25) is 0 Å². The van der Waals surface area contributed by atoms with E-state index in [1.807, 2.05) is 0 Å². The Bertz CT molecular complexity index is 2210. The Morgan fingerprint density at radius 1 is 0.489 bits per heavy atom. The predicted molar refractivity (Wildman–Crippen MR) is 367 cm³/mol. The van der Waals surface area contributed by atoms with Crippen molar-refractivity contribution < 1.29 is 117 Å². The normalized spacial score (nSPS) is 23.9. The first-order valence-corrected chi connectivity index (χ1v) is 37.9. The van der Waals surface area contributed by atoms with Crippen molar-refractivity contribution in [1.29, 1.82) is 0 Å². The van der Waals surface area contributed by atoms with Crippen LogP contribution >= 0.6 is 0 Å². The van der Waals surface area contributed by atoms with Crippen molar-refractivity contribution >= 4 is 34.8 Å². The van der Waals surface area contributed by atoms with Crippen molar-refractivity contribution in [2.24, 2.45) is 51.8 Å². The van der Waals surface area contributed by atoms with E-state index in [2.05, 4.69) is 131 Å². The number of esters is 1. The second-order valence-corrected chi connectivity index (χ2v) is 31.7. The maximum atomic E-state index is 11.6. The summed E-state index contributed by atoms with van der Waals surface area (Å²) in [4.78, 5) is 50.2. The van der Waals surface area contributed by atoms with E-state index in [0.29, 0.717) is 48.5 Å². The number of carbonyl (C=O) groups excluding carboxylic acids is 4. The summed E-state index contributed by atoms with van der Waals surface area (Å²) in [7, 11) is -0.0146. The second-order valence-electron chi connectivity index (χ2n) is 29.7. The predicted octanol–water partition coefficient (Wildman–Crippen LogP) is 12.3. The van der Waals surface area contributed by atoms with Crippen LogP contribution in [0.25, 0.3) is 0 Å². The van der Waals surface area contributed by atoms with Gasteiger partial charge < -0.3 is 43.7 Å². The van der Waals surface area contributed by atoms with E-state index in [-0.39, 0.29) is 85.8 Å². The number of aliphatic carboxylic acids is 3. The van der Waals surface area contributed by atoms with Gasteiger partial charge in [0.15, 0.2) is 14.7 Å². The molecule has 92 heavy (non-hydrogen) atoms. The monoisotopic (exact) mass is 1410 g/mol. The van der Waals surface area contributed by atoms with Gasteiger partial charge in [-0.15, -0.1) is 0 Å². The summed E-state index contributed by atoms with van der Waals surface area (Å²) in [5, 5.41) is 32.2. The van der Waals surface area contributed by atoms with Gasteiger partial charge in [-0.05, 0) is 181 Å². The Kier molecular flexibility index (Phi) is 39.9. The number of carboxylic acids is 3. The maximum absolute atomic E-state index is 11.6. The second kappa shape index (κ2) is 44.7. The summed E-state index contributed by atoms with van der Waals surface area (Å²) in [6.07, 6.45) is 36.4. The fraction of sp³-hybridized carbons (Fsp3) is 0.722. The number of unbranched alkanes of at least 4 members (excludes halogenated alkanes) is 12. The van der Waals surface area contributed by atoms with Gasteiger partial charge in [0.1, 0.15) is 6.61 Å². The minimum atomic E-state index is -1.01. The third-order valence-corrected chi connectivity index (χ3v) is 22.9. The average Bonchev–Trinajstić information content (AvgIpc) is 0.761. The molecule has 0 N–H and O–H groups in total. The van der Waals surface area contributed by atoms with Crippen LogP contribution in [0.4, 0.5) is 0 Å². The summed E-state index contributed by atoms with van der Waals surface area (Å²) in [6, 6.07) is 32.2. The van der Waals surface area contributed by atoms with E-state index in [0.717, 1.165) is 84.2 Å². The first-order valence-electron chi connectivity index (χ1n) is 36.7. The zero-order valence-corrected chi connectivity index (χ0v) is 66.5. The van der Waals surface area contributed by atoms with Crippen LogP contribution in [-0.4, -0.2) is 98.9 Å². The van der Waals surface area contributed by atoms with Crippen LogP contribution < -0.4 is 84.2 Å². The molecule has 1 aliphatic heterocycles. The number of carboxylic acid groups (broad SMARTS) is 3. The molecule has 3 aromatic rings. The third-order valence-electron chi connectivity index (χ3n) is 20.7. The van der Waals surface area contributed by atoms with E-state index in [1.165, 1.54) is 180 Å². The van der Waals surface area contributed by atoms with Gasteiger partial charge in [-0.3, -0.25) is 9.69 Å². The van der Waals surface area contributed by atoms with E-state index in [1.54, 1.807) is 20.8 Å². The Morgan fingerprint density at radius 3 is 1.07 bits per heavy atom. The van der Waals surface area contributed by atoms with Crippen LogP contribution in [-0.2, 0) is 39.5 Å². The number of nitrogens with zero attached hydrogens (tertiary/aromatic N) is 2. The number of carbonyl (C=O) groups is 4. The van der Waals surface area contributed by atoms with E-state index in [9.17, 15) is 34.5 Å². The Balaban J connectivity index is 0.000000240. The average molecular weight is 1410 g/mol. The molecule has 0 spiro atoms. The van der Waals surface area contributed by atoms with Gasteiger partial charge in [-0.1, -0.05) is 187 Å². The molecule has 9 fully saturated rings. The minimum absolute atomic E-state index is 0. The zero-order valence-electron chi connectivity index (χ0n) is 59.4. The van der Waals surface area contributed by atoms with Gasteiger partial charge in [-0.2, -0.15) is 0 Å². The zero-order chi connectivity index (χ0) is 66.0. The molecule has 11 nitrogen and oxygen atoms in total. The van der Waals surface area contributed by atoms with E-state index < -0.39 is 34.2 Å². The van der Waals surface area contributed by atoms with Gasteiger partial charge in [0.2, 0.25) is 0 Å². The Morgan fingerprint density at radius 2 is 0.783 bits per heavy atom. The molecule has 512 valence electrons. The molecule has 1 heterocycles. The van der Waals surface area contributed by atoms with Crippen molar-refractivity contribution in [3.05, 3.63) is 91.0 Å². The molecule has 0 unspecified atom stereocenters. The minimum Gasteiger partial charge on any atom is -0.550 e. The summed E-state index contributed by atoms with van der Waals surface area (Å²) in [6.45, 7) is 26.9. The van der Waals surface area contributed by atoms with Crippen molar-refractivity contribution in [2.75, 3.05) is 65.6 Å². The number of morpholine rings is 1. The first-order chi connectivity index (χ1) is 43.8. The van der Waals surface area contributed by atoms with Crippen molar-refractivity contribution in [1.82, 2.24) is 4.90 Å². The molecule has 1 saturated heterocycles. The molecule has 0 aromatic heterocycles. The molecule has 3 aromatic carbocycles. The van der Waals surface area contributed by atoms with Crippen LogP contribution in [0.3, 0.4) is 0 Å². The summed E-state index contributed by atoms with van der Waals surface area (Å²) in [5.74, 6) is 1.72. The molecule has 8 saturated carbocycles. The summed E-state index contributed by atoms with van der Waals surface area (Å²) < 4.78 is 12.0. The molecule has 0 atom stereocenters. The number of rotatable bonds is 30. The van der Waals surface area contributed by atoms with Crippen LogP contribution in [0.1, 0.15) is 248 Å². The van der Waals surface area contributed by atoms with Gasteiger partial charge >= 0.3 is 74.9 Å². The van der Waals surface area contributed by atoms with Gasteiger partial charge in [0.05, 0.1) is 50.3 Å². The van der Waals surface area contributed by atoms with Gasteiger partial charge in [0.25, 0.3) is 0 Å². The van der Waals surface area contributed by atoms with Crippen LogP contribution in [0, 0.1) is 51.8 Å². The molecular formula is C79H125CsN2O9S. The molecule has 12 rings (SSSR count). The van der Waals surface area contributed by atoms with Gasteiger partial charge in [-0.25, -0.2) is 0 Å². The fourth-order valence-corrected chi connectivity index (χ4v) is 18.3. The number of ether oxygens (including phenoxy) is 2. The van der Waals surface area contributed by atoms with Crippen LogP contribution in [0.5, 0.6) is 0 Å². The van der Waals surface area contributed by atoms with Crippen molar-refractivity contribution in [2.45, 2.75) is 263 Å². The molecule has 13 heteroatoms. The molecule has 0 amide bonds. The van der Waals surface area contributed by atoms with Gasteiger partial charge in [0, 0.05) is 60.2 Å². The maximum Gasteiger partial charge on any atom is 1.00 e. The van der Waals surface area contributed by atoms with E-state index >= 15 is 0 Å². The first kappa shape index (κ1) is 82.2. The quantitative estimate of drug-likeness (QED) is 0.0272. The SMILES string of the molecule is CC(C)(C)C(=O)[O-].CCCCCCCCCCCC(=O)OCCN1CCOCC1.CCCC[N+](CCCC)(CCCC)CCCC.O=C([O-])C12CC3CC(CC(C3)C1)C2.O=C([O-])C12CC3CC(CC(C3)C1)C2.[Cs+].c1ccc([S+](c2ccccc2)c2ccccc2)cc1. The smallest absolute Gasteiger partial charge is 0.550 e. The topological polar surface area (TPSA) is 159 Å². The number of benzene rings is 3. The summed E-state index contributed by atoms with van der Waals surface area (Å²) in [5.41, 5.74) is -1.48. The molecule has 8 bridgehead atoms. The summed E-state index contributed by atoms with van der Waals surface area (Å²) >= 11 is 0. The number of hydrogen-bond acceptors (Lipinski definition) is 10. The van der Waals surface area contributed by atoms with Crippen LogP contribution in [0.15, 0.2) is 106 Å². The molecular weight excluding hydrogens is 1290 g/mol. The third kappa shape index (κ3) is 29.1. The molecule has 9 aliphatic rings. The standard InChI is InChI=1S/C18H35NO3.C18H15S.C16H36N.2C11H16O2.C5H10O2.Cs/c1-2-3-4-5-6-7-8-9-10-11-18(20)22-17-14-19-12-15-21-16-13-19;1-4-10-16(11-5-1)19(17-12-6-2-7-13-17)18-14-8-3-9-15-18;1-5-9-13-17(14-10-6-2,15-11-7-3)16-12-8-4;2*12-10(13)11-4-7-1-8(5-11)3-9(2-7)6-11;1-5(2,3)4(6)7;/h2-17H2,1H3;1-15H;5-16H2,1-4H3;2*7-9H,1-6H2,(H,12,13);1-3H3,(H,6,7);/q;2*+1;;;;+1/p-3. The number of quaternary nitrogens is 1.